The minimum atomic E-state index is 0.627. The second-order valence-electron chi connectivity index (χ2n) is 5.19. The average Bonchev–Trinajstić information content (AvgIpc) is 2.49. The summed E-state index contributed by atoms with van der Waals surface area (Å²) in [5.41, 5.74) is 1.03. The Bertz CT molecular complexity index is 459. The second-order valence-corrected chi connectivity index (χ2v) is 5.19. The Hall–Kier alpha value is -1.91. The lowest BCUT2D eigenvalue weighted by molar-refractivity contribution is 0.351. The van der Waals surface area contributed by atoms with E-state index < -0.39 is 0 Å². The number of rotatable bonds is 7. The first-order chi connectivity index (χ1) is 10.1. The zero-order chi connectivity index (χ0) is 15.7. The molecule has 1 aromatic rings. The molecule has 0 saturated heterocycles. The summed E-state index contributed by atoms with van der Waals surface area (Å²) in [6.07, 6.45) is 1.11. The van der Waals surface area contributed by atoms with Gasteiger partial charge in [-0.25, -0.2) is 0 Å². The lowest BCUT2D eigenvalue weighted by atomic mass is 10.1. The largest absolute Gasteiger partial charge is 0.493 e. The molecule has 1 rings (SSSR count). The summed E-state index contributed by atoms with van der Waals surface area (Å²) < 4.78 is 10.7. The number of nitrogens with one attached hydrogen (secondary N) is 2. The highest BCUT2D eigenvalue weighted by atomic mass is 16.5. The minimum Gasteiger partial charge on any atom is -0.493 e. The molecule has 0 bridgehead atoms. The van der Waals surface area contributed by atoms with Crippen LogP contribution in [0, 0.1) is 5.92 Å². The van der Waals surface area contributed by atoms with E-state index in [1.807, 2.05) is 18.2 Å². The van der Waals surface area contributed by atoms with Gasteiger partial charge in [-0.2, -0.15) is 0 Å². The van der Waals surface area contributed by atoms with E-state index in [4.69, 9.17) is 9.47 Å². The number of guanidine groups is 1. The van der Waals surface area contributed by atoms with E-state index >= 15 is 0 Å². The monoisotopic (exact) mass is 293 g/mol. The van der Waals surface area contributed by atoms with E-state index in [-0.39, 0.29) is 0 Å². The SMILES string of the molecule is CN=C(NCCC(C)C)NCc1cccc(OC)c1OC. The fourth-order valence-electron chi connectivity index (χ4n) is 1.97. The standard InChI is InChI=1S/C16H27N3O2/c1-12(2)9-10-18-16(17-3)19-11-13-7-6-8-14(20-4)15(13)21-5/h6-8,12H,9-11H2,1-5H3,(H2,17,18,19). The molecule has 0 aromatic heterocycles. The van der Waals surface area contributed by atoms with Crippen molar-refractivity contribution in [3.63, 3.8) is 0 Å². The lowest BCUT2D eigenvalue weighted by Crippen LogP contribution is -2.37. The second kappa shape index (κ2) is 9.10. The van der Waals surface area contributed by atoms with Gasteiger partial charge in [-0.15, -0.1) is 0 Å². The predicted octanol–water partition coefficient (Wildman–Crippen LogP) is 2.41. The summed E-state index contributed by atoms with van der Waals surface area (Å²) >= 11 is 0. The molecular formula is C16H27N3O2. The van der Waals surface area contributed by atoms with Crippen LogP contribution < -0.4 is 20.1 Å². The number of hydrogen-bond acceptors (Lipinski definition) is 3. The molecule has 0 amide bonds. The van der Waals surface area contributed by atoms with Gasteiger partial charge < -0.3 is 20.1 Å². The highest BCUT2D eigenvalue weighted by Gasteiger charge is 2.09. The molecule has 0 saturated carbocycles. The van der Waals surface area contributed by atoms with Gasteiger partial charge in [-0.3, -0.25) is 4.99 Å². The van der Waals surface area contributed by atoms with Crippen LogP contribution in [0.5, 0.6) is 11.5 Å². The molecule has 0 aliphatic carbocycles. The Morgan fingerprint density at radius 1 is 1.19 bits per heavy atom. The van der Waals surface area contributed by atoms with E-state index in [1.165, 1.54) is 0 Å². The van der Waals surface area contributed by atoms with Gasteiger partial charge in [0, 0.05) is 25.7 Å². The summed E-state index contributed by atoms with van der Waals surface area (Å²) in [6.45, 7) is 5.95. The fraction of sp³-hybridized carbons (Fsp3) is 0.562. The summed E-state index contributed by atoms with van der Waals surface area (Å²) in [5.74, 6) is 2.96. The van der Waals surface area contributed by atoms with Crippen LogP contribution in [0.4, 0.5) is 0 Å². The normalized spacial score (nSPS) is 11.4. The van der Waals surface area contributed by atoms with Crippen molar-refractivity contribution in [1.29, 1.82) is 0 Å². The van der Waals surface area contributed by atoms with Crippen molar-refractivity contribution in [2.45, 2.75) is 26.8 Å². The van der Waals surface area contributed by atoms with Gasteiger partial charge in [0.1, 0.15) is 0 Å². The van der Waals surface area contributed by atoms with Crippen molar-refractivity contribution in [3.8, 4) is 11.5 Å². The minimum absolute atomic E-state index is 0.627. The van der Waals surface area contributed by atoms with Crippen molar-refractivity contribution in [1.82, 2.24) is 10.6 Å². The molecule has 2 N–H and O–H groups in total. The Balaban J connectivity index is 2.61. The van der Waals surface area contributed by atoms with Gasteiger partial charge in [0.2, 0.25) is 0 Å². The quantitative estimate of drug-likeness (QED) is 0.599. The van der Waals surface area contributed by atoms with Crippen LogP contribution in [0.1, 0.15) is 25.8 Å². The maximum Gasteiger partial charge on any atom is 0.191 e. The van der Waals surface area contributed by atoms with E-state index in [0.717, 1.165) is 36.0 Å². The number of nitrogens with zero attached hydrogens (tertiary/aromatic N) is 1. The lowest BCUT2D eigenvalue weighted by Gasteiger charge is -2.15. The zero-order valence-corrected chi connectivity index (χ0v) is 13.7. The van der Waals surface area contributed by atoms with Crippen LogP contribution in [0.25, 0.3) is 0 Å². The van der Waals surface area contributed by atoms with E-state index in [9.17, 15) is 0 Å². The Kier molecular flexibility index (Phi) is 7.43. The summed E-state index contributed by atoms with van der Waals surface area (Å²) in [7, 11) is 5.06. The smallest absolute Gasteiger partial charge is 0.191 e. The number of methoxy groups -OCH3 is 2. The van der Waals surface area contributed by atoms with Gasteiger partial charge >= 0.3 is 0 Å². The molecule has 5 heteroatoms. The Morgan fingerprint density at radius 2 is 1.95 bits per heavy atom. The third-order valence-electron chi connectivity index (χ3n) is 3.17. The van der Waals surface area contributed by atoms with Gasteiger partial charge in [0.15, 0.2) is 17.5 Å². The first-order valence-corrected chi connectivity index (χ1v) is 7.26. The van der Waals surface area contributed by atoms with Gasteiger partial charge in [0.05, 0.1) is 14.2 Å². The van der Waals surface area contributed by atoms with Crippen molar-refractivity contribution >= 4 is 5.96 Å². The molecule has 0 atom stereocenters. The Morgan fingerprint density at radius 3 is 2.52 bits per heavy atom. The number of aliphatic imine (C=N–C) groups is 1. The molecule has 0 spiro atoms. The van der Waals surface area contributed by atoms with Crippen LogP contribution in [-0.4, -0.2) is 33.8 Å². The molecule has 5 nitrogen and oxygen atoms in total. The summed E-state index contributed by atoms with van der Waals surface area (Å²) in [5, 5.41) is 6.59. The van der Waals surface area contributed by atoms with Gasteiger partial charge in [-0.1, -0.05) is 26.0 Å². The topological polar surface area (TPSA) is 54.9 Å². The number of benzene rings is 1. The molecule has 1 aromatic carbocycles. The molecule has 118 valence electrons. The number of para-hydroxylation sites is 1. The predicted molar refractivity (Wildman–Crippen MR) is 87.2 cm³/mol. The van der Waals surface area contributed by atoms with Crippen LogP contribution in [0.2, 0.25) is 0 Å². The molecule has 0 fully saturated rings. The maximum atomic E-state index is 5.42. The van der Waals surface area contributed by atoms with E-state index in [0.29, 0.717) is 12.5 Å². The first kappa shape index (κ1) is 17.1. The van der Waals surface area contributed by atoms with Crippen LogP contribution in [-0.2, 0) is 6.54 Å². The molecule has 0 aliphatic rings. The van der Waals surface area contributed by atoms with Crippen LogP contribution >= 0.6 is 0 Å². The first-order valence-electron chi connectivity index (χ1n) is 7.26. The summed E-state index contributed by atoms with van der Waals surface area (Å²) in [4.78, 5) is 4.22. The van der Waals surface area contributed by atoms with Gasteiger partial charge in [0.25, 0.3) is 0 Å². The molecule has 0 unspecified atom stereocenters. The van der Waals surface area contributed by atoms with Gasteiger partial charge in [-0.05, 0) is 18.4 Å². The van der Waals surface area contributed by atoms with Crippen molar-refractivity contribution in [2.24, 2.45) is 10.9 Å². The fourth-order valence-corrected chi connectivity index (χ4v) is 1.97. The maximum absolute atomic E-state index is 5.42. The van der Waals surface area contributed by atoms with Crippen molar-refractivity contribution in [2.75, 3.05) is 27.8 Å². The molecular weight excluding hydrogens is 266 g/mol. The Labute approximate surface area is 127 Å². The third kappa shape index (κ3) is 5.53. The average molecular weight is 293 g/mol. The van der Waals surface area contributed by atoms with Crippen molar-refractivity contribution < 1.29 is 9.47 Å². The molecule has 21 heavy (non-hydrogen) atoms. The van der Waals surface area contributed by atoms with E-state index in [2.05, 4.69) is 29.5 Å². The van der Waals surface area contributed by atoms with Crippen LogP contribution in [0.3, 0.4) is 0 Å². The molecule has 0 heterocycles. The molecule has 0 radical (unpaired) electrons. The van der Waals surface area contributed by atoms with Crippen molar-refractivity contribution in [3.05, 3.63) is 23.8 Å². The van der Waals surface area contributed by atoms with Crippen LogP contribution in [0.15, 0.2) is 23.2 Å². The molecule has 0 aliphatic heterocycles. The third-order valence-corrected chi connectivity index (χ3v) is 3.17. The highest BCUT2D eigenvalue weighted by molar-refractivity contribution is 5.79. The highest BCUT2D eigenvalue weighted by Crippen LogP contribution is 2.30. The number of hydrogen-bond donors (Lipinski definition) is 2. The zero-order valence-electron chi connectivity index (χ0n) is 13.7. The summed E-state index contributed by atoms with van der Waals surface area (Å²) in [6, 6.07) is 5.85. The number of ether oxygens (including phenoxy) is 2. The van der Waals surface area contributed by atoms with E-state index in [1.54, 1.807) is 21.3 Å².